The highest BCUT2D eigenvalue weighted by atomic mass is 19.4. The average molecular weight is 369 g/mol. The highest BCUT2D eigenvalue weighted by molar-refractivity contribution is 6.09. The number of imide groups is 1. The minimum Gasteiger partial charge on any atom is -0.350 e. The predicted octanol–water partition coefficient (Wildman–Crippen LogP) is 2.19. The number of nitrogens with one attached hydrogen (secondary N) is 2. The lowest BCUT2D eigenvalue weighted by Crippen LogP contribution is -2.45. The SMILES string of the molecule is O=C(CN1C(=O)NC2(CCCC2)C1=O)NCc1ccc(C(F)(F)F)cc1. The molecule has 0 radical (unpaired) electrons. The van der Waals surface area contributed by atoms with Gasteiger partial charge in [-0.15, -0.1) is 0 Å². The Labute approximate surface area is 147 Å². The van der Waals surface area contributed by atoms with Crippen LogP contribution in [0.15, 0.2) is 24.3 Å². The number of amides is 4. The maximum Gasteiger partial charge on any atom is 0.416 e. The van der Waals surface area contributed by atoms with Crippen molar-refractivity contribution in [2.45, 2.75) is 43.9 Å². The second-order valence-corrected chi connectivity index (χ2v) is 6.58. The number of benzene rings is 1. The summed E-state index contributed by atoms with van der Waals surface area (Å²) in [6.07, 6.45) is -1.58. The molecule has 1 saturated carbocycles. The van der Waals surface area contributed by atoms with Crippen LogP contribution in [0.2, 0.25) is 0 Å². The molecule has 140 valence electrons. The van der Waals surface area contributed by atoms with Crippen LogP contribution in [0.25, 0.3) is 0 Å². The molecule has 0 atom stereocenters. The van der Waals surface area contributed by atoms with Crippen molar-refractivity contribution in [3.8, 4) is 0 Å². The lowest BCUT2D eigenvalue weighted by Gasteiger charge is -2.19. The quantitative estimate of drug-likeness (QED) is 0.799. The molecule has 1 saturated heterocycles. The molecule has 4 amide bonds. The van der Waals surface area contributed by atoms with E-state index in [0.29, 0.717) is 18.4 Å². The second-order valence-electron chi connectivity index (χ2n) is 6.58. The molecule has 2 fully saturated rings. The van der Waals surface area contributed by atoms with Gasteiger partial charge in [0.15, 0.2) is 0 Å². The Bertz CT molecular complexity index is 725. The smallest absolute Gasteiger partial charge is 0.350 e. The molecule has 9 heteroatoms. The molecule has 0 unspecified atom stereocenters. The number of rotatable bonds is 4. The van der Waals surface area contributed by atoms with Gasteiger partial charge in [0.2, 0.25) is 5.91 Å². The van der Waals surface area contributed by atoms with E-state index in [4.69, 9.17) is 0 Å². The summed E-state index contributed by atoms with van der Waals surface area (Å²) in [6, 6.07) is 3.82. The summed E-state index contributed by atoms with van der Waals surface area (Å²) in [4.78, 5) is 37.4. The number of hydrogen-bond donors (Lipinski definition) is 2. The van der Waals surface area contributed by atoms with E-state index in [2.05, 4.69) is 10.6 Å². The average Bonchev–Trinajstić information content (AvgIpc) is 3.14. The first kappa shape index (κ1) is 18.2. The fourth-order valence-corrected chi connectivity index (χ4v) is 3.35. The first-order valence-corrected chi connectivity index (χ1v) is 8.28. The van der Waals surface area contributed by atoms with Gasteiger partial charge in [0.1, 0.15) is 12.1 Å². The van der Waals surface area contributed by atoms with E-state index in [1.54, 1.807) is 0 Å². The van der Waals surface area contributed by atoms with Crippen LogP contribution in [-0.4, -0.2) is 34.8 Å². The van der Waals surface area contributed by atoms with Crippen LogP contribution in [0.4, 0.5) is 18.0 Å². The van der Waals surface area contributed by atoms with Gasteiger partial charge < -0.3 is 10.6 Å². The summed E-state index contributed by atoms with van der Waals surface area (Å²) in [5, 5.41) is 5.19. The number of nitrogens with zero attached hydrogens (tertiary/aromatic N) is 1. The van der Waals surface area contributed by atoms with E-state index < -0.39 is 35.8 Å². The summed E-state index contributed by atoms with van der Waals surface area (Å²) < 4.78 is 37.5. The fourth-order valence-electron chi connectivity index (χ4n) is 3.35. The molecule has 2 aliphatic rings. The Kier molecular flexibility index (Phi) is 4.64. The van der Waals surface area contributed by atoms with E-state index in [0.717, 1.165) is 29.9 Å². The zero-order chi connectivity index (χ0) is 18.9. The number of carbonyl (C=O) groups excluding carboxylic acids is 3. The summed E-state index contributed by atoms with van der Waals surface area (Å²) in [7, 11) is 0. The van der Waals surface area contributed by atoms with Crippen molar-refractivity contribution in [3.63, 3.8) is 0 Å². The van der Waals surface area contributed by atoms with Gasteiger partial charge in [-0.05, 0) is 30.5 Å². The first-order chi connectivity index (χ1) is 12.2. The molecule has 26 heavy (non-hydrogen) atoms. The molecular formula is C17H18F3N3O3. The normalized spacial score (nSPS) is 19.1. The van der Waals surface area contributed by atoms with E-state index in [-0.39, 0.29) is 12.5 Å². The van der Waals surface area contributed by atoms with Crippen molar-refractivity contribution < 1.29 is 27.6 Å². The lowest BCUT2D eigenvalue weighted by molar-refractivity contribution is -0.137. The molecule has 6 nitrogen and oxygen atoms in total. The van der Waals surface area contributed by atoms with Crippen molar-refractivity contribution in [3.05, 3.63) is 35.4 Å². The molecular weight excluding hydrogens is 351 g/mol. The number of alkyl halides is 3. The van der Waals surface area contributed by atoms with Crippen LogP contribution in [-0.2, 0) is 22.3 Å². The summed E-state index contributed by atoms with van der Waals surface area (Å²) >= 11 is 0. The summed E-state index contributed by atoms with van der Waals surface area (Å²) in [5.41, 5.74) is -1.16. The van der Waals surface area contributed by atoms with Crippen LogP contribution in [0.5, 0.6) is 0 Å². The van der Waals surface area contributed by atoms with Crippen LogP contribution in [0, 0.1) is 0 Å². The molecule has 2 N–H and O–H groups in total. The first-order valence-electron chi connectivity index (χ1n) is 8.28. The van der Waals surface area contributed by atoms with E-state index in [1.165, 1.54) is 12.1 Å². The van der Waals surface area contributed by atoms with Gasteiger partial charge in [-0.25, -0.2) is 4.79 Å². The Hall–Kier alpha value is -2.58. The topological polar surface area (TPSA) is 78.5 Å². The third-order valence-electron chi connectivity index (χ3n) is 4.78. The zero-order valence-corrected chi connectivity index (χ0v) is 13.9. The highest BCUT2D eigenvalue weighted by Crippen LogP contribution is 2.34. The van der Waals surface area contributed by atoms with Gasteiger partial charge in [0.25, 0.3) is 5.91 Å². The highest BCUT2D eigenvalue weighted by Gasteiger charge is 2.52. The van der Waals surface area contributed by atoms with E-state index in [1.807, 2.05) is 0 Å². The van der Waals surface area contributed by atoms with Crippen LogP contribution in [0.3, 0.4) is 0 Å². The molecule has 0 bridgehead atoms. The van der Waals surface area contributed by atoms with Gasteiger partial charge in [0.05, 0.1) is 5.56 Å². The Morgan fingerprint density at radius 2 is 1.77 bits per heavy atom. The standard InChI is InChI=1S/C17H18F3N3O3/c18-17(19,20)12-5-3-11(4-6-12)9-21-13(24)10-23-14(25)16(22-15(23)26)7-1-2-8-16/h3-6H,1-2,7-10H2,(H,21,24)(H,22,26). The second kappa shape index (κ2) is 6.62. The third kappa shape index (κ3) is 3.51. The third-order valence-corrected chi connectivity index (χ3v) is 4.78. The molecule has 1 spiro atoms. The monoisotopic (exact) mass is 369 g/mol. The lowest BCUT2D eigenvalue weighted by atomic mass is 9.98. The van der Waals surface area contributed by atoms with Gasteiger partial charge in [-0.1, -0.05) is 25.0 Å². The van der Waals surface area contributed by atoms with Crippen LogP contribution >= 0.6 is 0 Å². The Balaban J connectivity index is 1.54. The van der Waals surface area contributed by atoms with Crippen molar-refractivity contribution in [1.82, 2.24) is 15.5 Å². The van der Waals surface area contributed by atoms with Gasteiger partial charge in [0, 0.05) is 6.54 Å². The maximum absolute atomic E-state index is 12.5. The Morgan fingerprint density at radius 1 is 1.15 bits per heavy atom. The molecule has 1 aliphatic carbocycles. The number of halogens is 3. The van der Waals surface area contributed by atoms with Crippen molar-refractivity contribution in [2.75, 3.05) is 6.54 Å². The molecule has 1 aromatic rings. The molecule has 0 aromatic heterocycles. The number of urea groups is 1. The minimum atomic E-state index is -4.42. The van der Waals surface area contributed by atoms with Crippen molar-refractivity contribution >= 4 is 17.8 Å². The predicted molar refractivity (Wildman–Crippen MR) is 84.7 cm³/mol. The van der Waals surface area contributed by atoms with E-state index in [9.17, 15) is 27.6 Å². The van der Waals surface area contributed by atoms with Crippen LogP contribution < -0.4 is 10.6 Å². The molecule has 3 rings (SSSR count). The Morgan fingerprint density at radius 3 is 2.35 bits per heavy atom. The van der Waals surface area contributed by atoms with Gasteiger partial charge in [-0.2, -0.15) is 13.2 Å². The van der Waals surface area contributed by atoms with Gasteiger partial charge in [-0.3, -0.25) is 14.5 Å². The zero-order valence-electron chi connectivity index (χ0n) is 13.9. The van der Waals surface area contributed by atoms with Crippen molar-refractivity contribution in [1.29, 1.82) is 0 Å². The minimum absolute atomic E-state index is 0.00572. The summed E-state index contributed by atoms with van der Waals surface area (Å²) in [6.45, 7) is -0.404. The number of hydrogen-bond acceptors (Lipinski definition) is 3. The van der Waals surface area contributed by atoms with Crippen LogP contribution in [0.1, 0.15) is 36.8 Å². The van der Waals surface area contributed by atoms with Crippen molar-refractivity contribution in [2.24, 2.45) is 0 Å². The summed E-state index contributed by atoms with van der Waals surface area (Å²) in [5.74, 6) is -0.937. The maximum atomic E-state index is 12.5. The largest absolute Gasteiger partial charge is 0.416 e. The molecule has 1 heterocycles. The van der Waals surface area contributed by atoms with Gasteiger partial charge >= 0.3 is 12.2 Å². The molecule has 1 aliphatic heterocycles. The fraction of sp³-hybridized carbons (Fsp3) is 0.471. The molecule has 1 aromatic carbocycles. The van der Waals surface area contributed by atoms with E-state index >= 15 is 0 Å². The number of carbonyl (C=O) groups is 3.